The number of thiocarbonyl (C=S) groups is 1. The van der Waals surface area contributed by atoms with E-state index in [1.54, 1.807) is 11.0 Å². The number of halogens is 1. The van der Waals surface area contributed by atoms with Crippen molar-refractivity contribution < 1.29 is 13.9 Å². The van der Waals surface area contributed by atoms with Crippen molar-refractivity contribution in [2.45, 2.75) is 19.3 Å². The van der Waals surface area contributed by atoms with Gasteiger partial charge in [-0.2, -0.15) is 0 Å². The summed E-state index contributed by atoms with van der Waals surface area (Å²) >= 11 is 4.72. The Morgan fingerprint density at radius 1 is 1.35 bits per heavy atom. The van der Waals surface area contributed by atoms with E-state index in [1.807, 2.05) is 0 Å². The van der Waals surface area contributed by atoms with Gasteiger partial charge in [-0.1, -0.05) is 12.2 Å². The smallest absolute Gasteiger partial charge is 0.260 e. The molecule has 0 bridgehead atoms. The average Bonchev–Trinajstić information content (AvgIpc) is 2.45. The number of nitrogens with zero attached hydrogens (tertiary/aromatic N) is 1. The Morgan fingerprint density at radius 3 is 2.65 bits per heavy atom. The molecule has 0 aliphatic carbocycles. The van der Waals surface area contributed by atoms with E-state index in [0.29, 0.717) is 5.75 Å². The van der Waals surface area contributed by atoms with Crippen LogP contribution in [0.4, 0.5) is 4.39 Å². The van der Waals surface area contributed by atoms with Crippen LogP contribution in [0, 0.1) is 5.82 Å². The van der Waals surface area contributed by atoms with Crippen LogP contribution in [-0.2, 0) is 4.79 Å². The van der Waals surface area contributed by atoms with Gasteiger partial charge in [-0.3, -0.25) is 4.79 Å². The van der Waals surface area contributed by atoms with Crippen LogP contribution in [0.2, 0.25) is 0 Å². The first-order chi connectivity index (χ1) is 9.58. The van der Waals surface area contributed by atoms with E-state index < -0.39 is 5.82 Å². The molecule has 6 heteroatoms. The molecule has 0 atom stereocenters. The summed E-state index contributed by atoms with van der Waals surface area (Å²) in [6.07, 6.45) is 3.22. The normalized spacial score (nSPS) is 14.9. The molecule has 1 aliphatic rings. The Balaban J connectivity index is 1.92. The monoisotopic (exact) mass is 296 g/mol. The van der Waals surface area contributed by atoms with Gasteiger partial charge in [0.1, 0.15) is 16.6 Å². The summed E-state index contributed by atoms with van der Waals surface area (Å²) in [7, 11) is 0. The van der Waals surface area contributed by atoms with Gasteiger partial charge in [-0.25, -0.2) is 4.39 Å². The Hall–Kier alpha value is -1.69. The van der Waals surface area contributed by atoms with Gasteiger partial charge >= 0.3 is 0 Å². The summed E-state index contributed by atoms with van der Waals surface area (Å²) < 4.78 is 19.0. The molecule has 1 aliphatic heterocycles. The zero-order chi connectivity index (χ0) is 14.5. The van der Waals surface area contributed by atoms with Crippen molar-refractivity contribution in [1.82, 2.24) is 4.90 Å². The standard InChI is InChI=1S/C14H17FN2O2S/c15-12-8-10(4-5-11(12)14(16)20)19-9-13(18)17-6-2-1-3-7-17/h4-5,8H,1-3,6-7,9H2,(H2,16,20). The second-order valence-corrected chi connectivity index (χ2v) is 5.18. The molecule has 2 rings (SSSR count). The van der Waals surface area contributed by atoms with Crippen LogP contribution in [0.5, 0.6) is 5.75 Å². The Morgan fingerprint density at radius 2 is 2.05 bits per heavy atom. The largest absolute Gasteiger partial charge is 0.484 e. The van der Waals surface area contributed by atoms with Crippen LogP contribution in [-0.4, -0.2) is 35.5 Å². The Kier molecular flexibility index (Phi) is 4.89. The maximum atomic E-state index is 13.6. The molecule has 1 amide bonds. The SMILES string of the molecule is NC(=S)c1ccc(OCC(=O)N2CCCCC2)cc1F. The zero-order valence-electron chi connectivity index (χ0n) is 11.1. The zero-order valence-corrected chi connectivity index (χ0v) is 11.9. The van der Waals surface area contributed by atoms with Crippen LogP contribution in [0.3, 0.4) is 0 Å². The number of hydrogen-bond donors (Lipinski definition) is 1. The summed E-state index contributed by atoms with van der Waals surface area (Å²) in [6, 6.07) is 4.21. The third-order valence-corrected chi connectivity index (χ3v) is 3.50. The maximum absolute atomic E-state index is 13.6. The molecule has 1 saturated heterocycles. The molecule has 0 spiro atoms. The predicted octanol–water partition coefficient (Wildman–Crippen LogP) is 1.85. The van der Waals surface area contributed by atoms with E-state index in [2.05, 4.69) is 0 Å². The van der Waals surface area contributed by atoms with Gasteiger partial charge in [0.15, 0.2) is 6.61 Å². The molecule has 1 heterocycles. The number of likely N-dealkylation sites (tertiary alicyclic amines) is 1. The van der Waals surface area contributed by atoms with E-state index in [0.717, 1.165) is 32.4 Å². The number of benzene rings is 1. The van der Waals surface area contributed by atoms with E-state index in [9.17, 15) is 9.18 Å². The molecule has 0 radical (unpaired) electrons. The van der Waals surface area contributed by atoms with Crippen LogP contribution in [0.25, 0.3) is 0 Å². The van der Waals surface area contributed by atoms with E-state index in [1.165, 1.54) is 12.1 Å². The molecule has 20 heavy (non-hydrogen) atoms. The van der Waals surface area contributed by atoms with Crippen LogP contribution < -0.4 is 10.5 Å². The summed E-state index contributed by atoms with van der Waals surface area (Å²) in [5, 5.41) is 0. The highest BCUT2D eigenvalue weighted by molar-refractivity contribution is 7.80. The Bertz CT molecular complexity index is 516. The highest BCUT2D eigenvalue weighted by atomic mass is 32.1. The van der Waals surface area contributed by atoms with Crippen LogP contribution >= 0.6 is 12.2 Å². The van der Waals surface area contributed by atoms with Gasteiger partial charge in [-0.15, -0.1) is 0 Å². The number of ether oxygens (including phenoxy) is 1. The Labute approximate surface area is 122 Å². The third-order valence-electron chi connectivity index (χ3n) is 3.28. The van der Waals surface area contributed by atoms with Crippen LogP contribution in [0.1, 0.15) is 24.8 Å². The lowest BCUT2D eigenvalue weighted by Crippen LogP contribution is -2.38. The highest BCUT2D eigenvalue weighted by Crippen LogP contribution is 2.17. The van der Waals surface area contributed by atoms with Crippen molar-refractivity contribution in [2.75, 3.05) is 19.7 Å². The fourth-order valence-corrected chi connectivity index (χ4v) is 2.33. The summed E-state index contributed by atoms with van der Waals surface area (Å²) in [5.74, 6) is -0.309. The van der Waals surface area contributed by atoms with Gasteiger partial charge in [0, 0.05) is 24.7 Å². The quantitative estimate of drug-likeness (QED) is 0.862. The second kappa shape index (κ2) is 6.65. The van der Waals surface area contributed by atoms with Gasteiger partial charge in [0.05, 0.1) is 0 Å². The molecule has 0 saturated carbocycles. The van der Waals surface area contributed by atoms with E-state index >= 15 is 0 Å². The van der Waals surface area contributed by atoms with Crippen LogP contribution in [0.15, 0.2) is 18.2 Å². The number of piperidine rings is 1. The molecule has 108 valence electrons. The van der Waals surface area contributed by atoms with Crippen molar-refractivity contribution in [2.24, 2.45) is 5.73 Å². The van der Waals surface area contributed by atoms with Crippen molar-refractivity contribution in [3.05, 3.63) is 29.6 Å². The number of carbonyl (C=O) groups is 1. The lowest BCUT2D eigenvalue weighted by molar-refractivity contribution is -0.134. The van der Waals surface area contributed by atoms with Crippen molar-refractivity contribution in [3.8, 4) is 5.75 Å². The minimum absolute atomic E-state index is 0.00144. The summed E-state index contributed by atoms with van der Waals surface area (Å²) in [5.41, 5.74) is 5.55. The lowest BCUT2D eigenvalue weighted by atomic mass is 10.1. The first-order valence-corrected chi connectivity index (χ1v) is 6.98. The number of hydrogen-bond acceptors (Lipinski definition) is 3. The third kappa shape index (κ3) is 3.66. The molecule has 1 fully saturated rings. The first kappa shape index (κ1) is 14.7. The van der Waals surface area contributed by atoms with Gasteiger partial charge in [0.2, 0.25) is 0 Å². The van der Waals surface area contributed by atoms with Gasteiger partial charge < -0.3 is 15.4 Å². The fraction of sp³-hybridized carbons (Fsp3) is 0.429. The van der Waals surface area contributed by atoms with E-state index in [4.69, 9.17) is 22.7 Å². The van der Waals surface area contributed by atoms with Crippen molar-refractivity contribution >= 4 is 23.1 Å². The molecular formula is C14H17FN2O2S. The minimum Gasteiger partial charge on any atom is -0.484 e. The van der Waals surface area contributed by atoms with Crippen molar-refractivity contribution in [3.63, 3.8) is 0 Å². The average molecular weight is 296 g/mol. The number of nitrogens with two attached hydrogens (primary N) is 1. The fourth-order valence-electron chi connectivity index (χ4n) is 2.17. The first-order valence-electron chi connectivity index (χ1n) is 6.58. The second-order valence-electron chi connectivity index (χ2n) is 4.74. The van der Waals surface area contributed by atoms with Gasteiger partial charge in [0.25, 0.3) is 5.91 Å². The van der Waals surface area contributed by atoms with E-state index in [-0.39, 0.29) is 23.1 Å². The minimum atomic E-state index is -0.541. The molecule has 0 unspecified atom stereocenters. The molecular weight excluding hydrogens is 279 g/mol. The molecule has 0 aromatic heterocycles. The maximum Gasteiger partial charge on any atom is 0.260 e. The molecule has 1 aromatic carbocycles. The number of carbonyl (C=O) groups excluding carboxylic acids is 1. The molecule has 4 nitrogen and oxygen atoms in total. The summed E-state index contributed by atoms with van der Waals surface area (Å²) in [6.45, 7) is 1.47. The highest BCUT2D eigenvalue weighted by Gasteiger charge is 2.17. The lowest BCUT2D eigenvalue weighted by Gasteiger charge is -2.26. The summed E-state index contributed by atoms with van der Waals surface area (Å²) in [4.78, 5) is 13.7. The van der Waals surface area contributed by atoms with Gasteiger partial charge in [-0.05, 0) is 31.4 Å². The number of amides is 1. The molecule has 1 aromatic rings. The predicted molar refractivity (Wildman–Crippen MR) is 78.2 cm³/mol. The molecule has 2 N–H and O–H groups in total. The van der Waals surface area contributed by atoms with Crippen molar-refractivity contribution in [1.29, 1.82) is 0 Å². The number of rotatable bonds is 4. The topological polar surface area (TPSA) is 55.6 Å².